The van der Waals surface area contributed by atoms with Crippen LogP contribution in [0, 0.1) is 20.8 Å². The van der Waals surface area contributed by atoms with Crippen LogP contribution in [0.5, 0.6) is 5.75 Å². The van der Waals surface area contributed by atoms with Crippen molar-refractivity contribution in [1.82, 2.24) is 14.7 Å². The van der Waals surface area contributed by atoms with Crippen LogP contribution in [0.3, 0.4) is 0 Å². The molecule has 1 aromatic heterocycles. The molecule has 0 fully saturated rings. The molecule has 2 aromatic carbocycles. The lowest BCUT2D eigenvalue weighted by Crippen LogP contribution is -2.26. The van der Waals surface area contributed by atoms with E-state index in [4.69, 9.17) is 21.4 Å². The second kappa shape index (κ2) is 8.93. The van der Waals surface area contributed by atoms with Gasteiger partial charge in [0.15, 0.2) is 11.6 Å². The maximum Gasteiger partial charge on any atom is 0.288 e. The Morgan fingerprint density at radius 2 is 2.14 bits per heavy atom. The van der Waals surface area contributed by atoms with Crippen molar-refractivity contribution in [2.45, 2.75) is 20.1 Å². The smallest absolute Gasteiger partial charge is 0.288 e. The summed E-state index contributed by atoms with van der Waals surface area (Å²) in [6.07, 6.45) is 0. The van der Waals surface area contributed by atoms with E-state index >= 15 is 0 Å². The summed E-state index contributed by atoms with van der Waals surface area (Å²) in [6, 6.07) is 10.8. The quantitative estimate of drug-likeness (QED) is 0.304. The predicted molar refractivity (Wildman–Crippen MR) is 106 cm³/mol. The summed E-state index contributed by atoms with van der Waals surface area (Å²) in [5, 5.41) is 15.3. The van der Waals surface area contributed by atoms with Crippen LogP contribution in [0.15, 0.2) is 46.9 Å². The fraction of sp³-hybridized carbons (Fsp3) is 0.263. The molecule has 1 heterocycles. The monoisotopic (exact) mass is 418 g/mol. The Kier molecular flexibility index (Phi) is 6.35. The molecule has 0 radical (unpaired) electrons. The van der Waals surface area contributed by atoms with Crippen molar-refractivity contribution < 1.29 is 18.5 Å². The molecule has 29 heavy (non-hydrogen) atoms. The molecule has 0 spiro atoms. The average Bonchev–Trinajstić information content (AvgIpc) is 3.08. The number of rotatable bonds is 8. The minimum atomic E-state index is -0.484. The van der Waals surface area contributed by atoms with Crippen molar-refractivity contribution in [1.29, 1.82) is 0 Å². The van der Waals surface area contributed by atoms with Gasteiger partial charge in [-0.3, -0.25) is 15.0 Å². The number of nitro groups is 1. The van der Waals surface area contributed by atoms with Crippen LogP contribution in [-0.2, 0) is 13.2 Å². The van der Waals surface area contributed by atoms with E-state index in [0.717, 1.165) is 5.56 Å². The molecular formula is C19H19FN4O4S. The van der Waals surface area contributed by atoms with Gasteiger partial charge in [0.05, 0.1) is 18.7 Å². The summed E-state index contributed by atoms with van der Waals surface area (Å²) in [4.78, 5) is 12.6. The van der Waals surface area contributed by atoms with Gasteiger partial charge in [0.25, 0.3) is 10.5 Å². The summed E-state index contributed by atoms with van der Waals surface area (Å²) in [6.45, 7) is 3.42. The van der Waals surface area contributed by atoms with Gasteiger partial charge in [-0.15, -0.1) is 5.10 Å². The largest absolute Gasteiger partial charge is 0.494 e. The van der Waals surface area contributed by atoms with Gasteiger partial charge in [0, 0.05) is 24.2 Å². The lowest BCUT2D eigenvalue weighted by atomic mass is 10.2. The number of benzene rings is 2. The van der Waals surface area contributed by atoms with E-state index in [1.54, 1.807) is 24.3 Å². The molecule has 0 aliphatic rings. The van der Waals surface area contributed by atoms with Crippen LogP contribution in [0.2, 0.25) is 0 Å². The Morgan fingerprint density at radius 1 is 1.34 bits per heavy atom. The number of hydrogen-bond acceptors (Lipinski definition) is 7. The summed E-state index contributed by atoms with van der Waals surface area (Å²) in [5.74, 6) is -0.0329. The van der Waals surface area contributed by atoms with E-state index in [9.17, 15) is 14.5 Å². The maximum atomic E-state index is 13.9. The molecule has 8 nitrogen and oxygen atoms in total. The van der Waals surface area contributed by atoms with E-state index in [-0.39, 0.29) is 22.2 Å². The SMILES string of the molecule is CCN(Cc1ccc(OC)c(F)c1)Cn1nc(-c2cccc([N+](=O)[O-])c2)oc1=S. The lowest BCUT2D eigenvalue weighted by Gasteiger charge is -2.20. The fourth-order valence-electron chi connectivity index (χ4n) is 2.78. The summed E-state index contributed by atoms with van der Waals surface area (Å²) in [5.41, 5.74) is 1.18. The average molecular weight is 418 g/mol. The number of nitrogens with zero attached hydrogens (tertiary/aromatic N) is 4. The normalized spacial score (nSPS) is 11.0. The molecule has 0 amide bonds. The lowest BCUT2D eigenvalue weighted by molar-refractivity contribution is -0.384. The topological polar surface area (TPSA) is 86.6 Å². The Bertz CT molecular complexity index is 1080. The first-order valence-electron chi connectivity index (χ1n) is 8.78. The summed E-state index contributed by atoms with van der Waals surface area (Å²) < 4.78 is 25.9. The number of halogens is 1. The molecule has 10 heteroatoms. The second-order valence-corrected chi connectivity index (χ2v) is 6.58. The molecule has 0 aliphatic heterocycles. The van der Waals surface area contributed by atoms with Gasteiger partial charge in [0.1, 0.15) is 0 Å². The zero-order chi connectivity index (χ0) is 21.0. The first-order chi connectivity index (χ1) is 13.9. The number of nitro benzene ring substituents is 1. The molecule has 0 saturated carbocycles. The van der Waals surface area contributed by atoms with Crippen molar-refractivity contribution in [3.63, 3.8) is 0 Å². The number of hydrogen-bond donors (Lipinski definition) is 0. The number of ether oxygens (including phenoxy) is 1. The zero-order valence-corrected chi connectivity index (χ0v) is 16.7. The van der Waals surface area contributed by atoms with Gasteiger partial charge in [-0.2, -0.15) is 0 Å². The second-order valence-electron chi connectivity index (χ2n) is 6.24. The highest BCUT2D eigenvalue weighted by molar-refractivity contribution is 7.71. The van der Waals surface area contributed by atoms with E-state index in [1.165, 1.54) is 30.0 Å². The Labute approximate surface area is 171 Å². The first-order valence-corrected chi connectivity index (χ1v) is 9.19. The highest BCUT2D eigenvalue weighted by Crippen LogP contribution is 2.23. The van der Waals surface area contributed by atoms with Gasteiger partial charge >= 0.3 is 0 Å². The Morgan fingerprint density at radius 3 is 2.79 bits per heavy atom. The Balaban J connectivity index is 1.78. The minimum absolute atomic E-state index is 0.0603. The van der Waals surface area contributed by atoms with E-state index in [1.807, 2.05) is 11.8 Å². The van der Waals surface area contributed by atoms with E-state index in [2.05, 4.69) is 5.10 Å². The third-order valence-corrected chi connectivity index (χ3v) is 4.61. The van der Waals surface area contributed by atoms with Crippen LogP contribution >= 0.6 is 12.2 Å². The molecule has 0 atom stereocenters. The predicted octanol–water partition coefficient (Wildman–Crippen LogP) is 4.41. The first kappa shape index (κ1) is 20.6. The van der Waals surface area contributed by atoms with Crippen molar-refractivity contribution in [2.75, 3.05) is 13.7 Å². The number of methoxy groups -OCH3 is 1. The van der Waals surface area contributed by atoms with Crippen LogP contribution in [0.1, 0.15) is 12.5 Å². The van der Waals surface area contributed by atoms with Crippen LogP contribution < -0.4 is 4.74 Å². The molecule has 0 unspecified atom stereocenters. The van der Waals surface area contributed by atoms with Crippen LogP contribution in [0.4, 0.5) is 10.1 Å². The fourth-order valence-corrected chi connectivity index (χ4v) is 2.96. The van der Waals surface area contributed by atoms with Crippen molar-refractivity contribution in [2.24, 2.45) is 0 Å². The third kappa shape index (κ3) is 4.84. The van der Waals surface area contributed by atoms with Gasteiger partial charge in [-0.25, -0.2) is 9.07 Å². The molecule has 0 bridgehead atoms. The molecule has 3 aromatic rings. The minimum Gasteiger partial charge on any atom is -0.494 e. The molecule has 0 N–H and O–H groups in total. The zero-order valence-electron chi connectivity index (χ0n) is 15.9. The Hall–Kier alpha value is -3.11. The van der Waals surface area contributed by atoms with Crippen molar-refractivity contribution in [3.8, 4) is 17.2 Å². The molecule has 0 aliphatic carbocycles. The molecular weight excluding hydrogens is 399 g/mol. The van der Waals surface area contributed by atoms with E-state index < -0.39 is 10.7 Å². The highest BCUT2D eigenvalue weighted by Gasteiger charge is 2.15. The summed E-state index contributed by atoms with van der Waals surface area (Å²) >= 11 is 5.24. The van der Waals surface area contributed by atoms with Gasteiger partial charge in [-0.05, 0) is 42.5 Å². The van der Waals surface area contributed by atoms with Gasteiger partial charge in [-0.1, -0.05) is 19.1 Å². The summed E-state index contributed by atoms with van der Waals surface area (Å²) in [7, 11) is 1.42. The van der Waals surface area contributed by atoms with Crippen molar-refractivity contribution in [3.05, 3.63) is 68.8 Å². The van der Waals surface area contributed by atoms with Crippen LogP contribution in [-0.4, -0.2) is 33.3 Å². The highest BCUT2D eigenvalue weighted by atomic mass is 32.1. The van der Waals surface area contributed by atoms with Gasteiger partial charge < -0.3 is 9.15 Å². The molecule has 152 valence electrons. The molecule has 0 saturated heterocycles. The number of non-ortho nitro benzene ring substituents is 1. The number of aromatic nitrogens is 2. The molecule has 3 rings (SSSR count). The standard InChI is InChI=1S/C19H19FN4O4S/c1-3-22(11-13-7-8-17(27-2)16(20)9-13)12-23-19(29)28-18(21-23)14-5-4-6-15(10-14)24(25)26/h4-10H,3,11-12H2,1-2H3. The van der Waals surface area contributed by atoms with E-state index in [0.29, 0.717) is 25.3 Å². The van der Waals surface area contributed by atoms with Gasteiger partial charge in [0.2, 0.25) is 5.89 Å². The van der Waals surface area contributed by atoms with Crippen molar-refractivity contribution >= 4 is 17.9 Å². The van der Waals surface area contributed by atoms with Crippen LogP contribution in [0.25, 0.3) is 11.5 Å². The maximum absolute atomic E-state index is 13.9. The third-order valence-electron chi connectivity index (χ3n) is 4.31.